The zero-order chi connectivity index (χ0) is 21.4. The van der Waals surface area contributed by atoms with E-state index in [1.165, 1.54) is 11.8 Å². The molecule has 1 unspecified atom stereocenters. The van der Waals surface area contributed by atoms with Crippen LogP contribution in [0.15, 0.2) is 47.4 Å². The molecule has 156 valence electrons. The zero-order valence-electron chi connectivity index (χ0n) is 16.3. The van der Waals surface area contributed by atoms with Gasteiger partial charge in [-0.15, -0.1) is 11.8 Å². The molecule has 4 nitrogen and oxygen atoms in total. The van der Waals surface area contributed by atoms with Crippen LogP contribution in [0.4, 0.5) is 0 Å². The smallest absolute Gasteiger partial charge is 0.242 e. The highest BCUT2D eigenvalue weighted by atomic mass is 35.5. The maximum atomic E-state index is 13.0. The summed E-state index contributed by atoms with van der Waals surface area (Å²) in [6.07, 6.45) is 0.825. The largest absolute Gasteiger partial charge is 0.354 e. The molecule has 1 atom stereocenters. The normalized spacial score (nSPS) is 11.8. The molecule has 2 aromatic carbocycles. The van der Waals surface area contributed by atoms with Crippen LogP contribution in [0.2, 0.25) is 15.1 Å². The third-order valence-corrected chi connectivity index (χ3v) is 6.22. The van der Waals surface area contributed by atoms with E-state index in [1.54, 1.807) is 42.2 Å². The van der Waals surface area contributed by atoms with Crippen LogP contribution in [0.25, 0.3) is 0 Å². The van der Waals surface area contributed by atoms with Crippen molar-refractivity contribution in [3.63, 3.8) is 0 Å². The van der Waals surface area contributed by atoms with Crippen molar-refractivity contribution >= 4 is 58.4 Å². The monoisotopic (exact) mass is 472 g/mol. The zero-order valence-corrected chi connectivity index (χ0v) is 19.3. The van der Waals surface area contributed by atoms with E-state index in [0.29, 0.717) is 21.6 Å². The summed E-state index contributed by atoms with van der Waals surface area (Å²) in [4.78, 5) is 28.0. The maximum absolute atomic E-state index is 13.0. The van der Waals surface area contributed by atoms with Crippen molar-refractivity contribution < 1.29 is 9.59 Å². The van der Waals surface area contributed by atoms with Crippen molar-refractivity contribution in [1.29, 1.82) is 0 Å². The molecule has 0 saturated heterocycles. The number of rotatable bonds is 9. The second-order valence-corrected chi connectivity index (χ2v) is 8.78. The second-order valence-electron chi connectivity index (χ2n) is 6.48. The van der Waals surface area contributed by atoms with Gasteiger partial charge in [-0.1, -0.05) is 47.8 Å². The van der Waals surface area contributed by atoms with Gasteiger partial charge in [0.05, 0.1) is 15.8 Å². The van der Waals surface area contributed by atoms with Crippen LogP contribution >= 0.6 is 46.6 Å². The highest BCUT2D eigenvalue weighted by Crippen LogP contribution is 2.25. The number of carbonyl (C=O) groups excluding carboxylic acids is 2. The summed E-state index contributed by atoms with van der Waals surface area (Å²) in [6.45, 7) is 4.54. The Morgan fingerprint density at radius 2 is 1.76 bits per heavy atom. The van der Waals surface area contributed by atoms with Crippen molar-refractivity contribution in [3.8, 4) is 0 Å². The molecule has 8 heteroatoms. The van der Waals surface area contributed by atoms with Crippen LogP contribution in [0.5, 0.6) is 0 Å². The van der Waals surface area contributed by atoms with Crippen molar-refractivity contribution in [2.24, 2.45) is 0 Å². The van der Waals surface area contributed by atoms with E-state index >= 15 is 0 Å². The Morgan fingerprint density at radius 1 is 1.07 bits per heavy atom. The lowest BCUT2D eigenvalue weighted by Gasteiger charge is -2.29. The summed E-state index contributed by atoms with van der Waals surface area (Å²) in [6, 6.07) is 11.9. The highest BCUT2D eigenvalue weighted by Gasteiger charge is 2.26. The summed E-state index contributed by atoms with van der Waals surface area (Å²) in [7, 11) is 0. The SMILES string of the molecule is CCCNC(=O)C(C)N(Cc1ccc(Cl)c(Cl)c1)C(=O)CSc1ccc(Cl)cc1. The number of hydrogen-bond acceptors (Lipinski definition) is 3. The van der Waals surface area contributed by atoms with Gasteiger partial charge in [0.1, 0.15) is 6.04 Å². The van der Waals surface area contributed by atoms with E-state index in [4.69, 9.17) is 34.8 Å². The van der Waals surface area contributed by atoms with Crippen LogP contribution in [0.3, 0.4) is 0 Å². The number of nitrogens with one attached hydrogen (secondary N) is 1. The highest BCUT2D eigenvalue weighted by molar-refractivity contribution is 8.00. The third-order valence-electron chi connectivity index (χ3n) is 4.23. The van der Waals surface area contributed by atoms with Gasteiger partial charge in [-0.3, -0.25) is 9.59 Å². The van der Waals surface area contributed by atoms with Gasteiger partial charge in [0.2, 0.25) is 11.8 Å². The van der Waals surface area contributed by atoms with Crippen LogP contribution in [-0.4, -0.2) is 35.1 Å². The molecule has 0 radical (unpaired) electrons. The fourth-order valence-corrected chi connectivity index (χ4v) is 3.80. The number of benzene rings is 2. The molecule has 1 N–H and O–H groups in total. The van der Waals surface area contributed by atoms with E-state index in [-0.39, 0.29) is 24.1 Å². The average molecular weight is 474 g/mol. The van der Waals surface area contributed by atoms with Crippen molar-refractivity contribution in [1.82, 2.24) is 10.2 Å². The Labute approximate surface area is 190 Å². The van der Waals surface area contributed by atoms with E-state index < -0.39 is 6.04 Å². The van der Waals surface area contributed by atoms with Crippen LogP contribution in [0, 0.1) is 0 Å². The van der Waals surface area contributed by atoms with Gasteiger partial charge in [0, 0.05) is 23.0 Å². The minimum Gasteiger partial charge on any atom is -0.354 e. The minimum absolute atomic E-state index is 0.143. The molecule has 2 amide bonds. The van der Waals surface area contributed by atoms with Gasteiger partial charge >= 0.3 is 0 Å². The van der Waals surface area contributed by atoms with Gasteiger partial charge in [-0.2, -0.15) is 0 Å². The number of nitrogens with zero attached hydrogens (tertiary/aromatic N) is 1. The molecule has 29 heavy (non-hydrogen) atoms. The van der Waals surface area contributed by atoms with E-state index in [1.807, 2.05) is 19.1 Å². The molecular weight excluding hydrogens is 451 g/mol. The molecule has 2 rings (SSSR count). The first-order valence-electron chi connectivity index (χ1n) is 9.21. The molecular formula is C21H23Cl3N2O2S. The molecule has 0 aliphatic heterocycles. The number of amides is 2. The first-order valence-corrected chi connectivity index (χ1v) is 11.3. The second kappa shape index (κ2) is 11.7. The molecule has 0 bridgehead atoms. The Morgan fingerprint density at radius 3 is 2.38 bits per heavy atom. The number of hydrogen-bond donors (Lipinski definition) is 1. The number of thioether (sulfide) groups is 1. The number of halogens is 3. The molecule has 2 aromatic rings. The fourth-order valence-electron chi connectivity index (χ4n) is 2.57. The Kier molecular flexibility index (Phi) is 9.63. The van der Waals surface area contributed by atoms with Crippen molar-refractivity contribution in [2.45, 2.75) is 37.8 Å². The van der Waals surface area contributed by atoms with Gasteiger partial charge in [0.15, 0.2) is 0 Å². The lowest BCUT2D eigenvalue weighted by Crippen LogP contribution is -2.48. The van der Waals surface area contributed by atoms with Gasteiger partial charge in [-0.25, -0.2) is 0 Å². The summed E-state index contributed by atoms with van der Waals surface area (Å²) < 4.78 is 0. The van der Waals surface area contributed by atoms with Crippen LogP contribution in [0.1, 0.15) is 25.8 Å². The standard InChI is InChI=1S/C21H23Cl3N2O2S/c1-3-10-25-21(28)14(2)26(12-15-4-9-18(23)19(24)11-15)20(27)13-29-17-7-5-16(22)6-8-17/h4-9,11,14H,3,10,12-13H2,1-2H3,(H,25,28). The average Bonchev–Trinajstić information content (AvgIpc) is 2.71. The molecule has 0 aliphatic rings. The summed E-state index contributed by atoms with van der Waals surface area (Å²) in [5, 5.41) is 4.35. The minimum atomic E-state index is -0.616. The van der Waals surface area contributed by atoms with Crippen molar-refractivity contribution in [3.05, 3.63) is 63.1 Å². The molecule has 0 heterocycles. The quantitative estimate of drug-likeness (QED) is 0.476. The first kappa shape index (κ1) is 23.9. The maximum Gasteiger partial charge on any atom is 0.242 e. The van der Waals surface area contributed by atoms with Crippen molar-refractivity contribution in [2.75, 3.05) is 12.3 Å². The van der Waals surface area contributed by atoms with Gasteiger partial charge in [-0.05, 0) is 55.3 Å². The lowest BCUT2D eigenvalue weighted by molar-refractivity contribution is -0.138. The van der Waals surface area contributed by atoms with E-state index in [9.17, 15) is 9.59 Å². The van der Waals surface area contributed by atoms with Gasteiger partial charge < -0.3 is 10.2 Å². The topological polar surface area (TPSA) is 49.4 Å². The van der Waals surface area contributed by atoms with E-state index in [2.05, 4.69) is 5.32 Å². The fraction of sp³-hybridized carbons (Fsp3) is 0.333. The lowest BCUT2D eigenvalue weighted by atomic mass is 10.1. The molecule has 0 saturated carbocycles. The molecule has 0 aliphatic carbocycles. The molecule has 0 spiro atoms. The van der Waals surface area contributed by atoms with Gasteiger partial charge in [0.25, 0.3) is 0 Å². The van der Waals surface area contributed by atoms with Crippen LogP contribution in [-0.2, 0) is 16.1 Å². The Hall–Kier alpha value is -1.40. The predicted molar refractivity (Wildman–Crippen MR) is 122 cm³/mol. The number of carbonyl (C=O) groups is 2. The summed E-state index contributed by atoms with van der Waals surface area (Å²) in [5.74, 6) is -0.124. The summed E-state index contributed by atoms with van der Waals surface area (Å²) >= 11 is 19.4. The Bertz CT molecular complexity index is 846. The molecule has 0 aromatic heterocycles. The van der Waals surface area contributed by atoms with Crippen LogP contribution < -0.4 is 5.32 Å². The predicted octanol–water partition coefficient (Wildman–Crippen LogP) is 5.68. The molecule has 0 fully saturated rings. The van der Waals surface area contributed by atoms with E-state index in [0.717, 1.165) is 16.9 Å². The first-order chi connectivity index (χ1) is 13.8. The summed E-state index contributed by atoms with van der Waals surface area (Å²) in [5.41, 5.74) is 0.805. The third kappa shape index (κ3) is 7.41. The Balaban J connectivity index is 2.15.